The molecule has 0 atom stereocenters. The van der Waals surface area contributed by atoms with Crippen LogP contribution in [0.4, 0.5) is 5.69 Å². The molecule has 34 heavy (non-hydrogen) atoms. The van der Waals surface area contributed by atoms with Gasteiger partial charge in [-0.3, -0.25) is 9.36 Å². The Labute approximate surface area is 200 Å². The normalized spacial score (nSPS) is 14.5. The lowest BCUT2D eigenvalue weighted by molar-refractivity contribution is 0.0951. The molecule has 1 amide bonds. The molecule has 4 rings (SSSR count). The quantitative estimate of drug-likeness (QED) is 0.579. The van der Waals surface area contributed by atoms with Crippen LogP contribution in [0.25, 0.3) is 17.1 Å². The van der Waals surface area contributed by atoms with Gasteiger partial charge < -0.3 is 25.0 Å². The Morgan fingerprint density at radius 2 is 1.71 bits per heavy atom. The average Bonchev–Trinajstić information content (AvgIpc) is 3.28. The molecule has 0 aliphatic carbocycles. The summed E-state index contributed by atoms with van der Waals surface area (Å²) in [4.78, 5) is 17.3. The van der Waals surface area contributed by atoms with E-state index >= 15 is 0 Å². The minimum Gasteiger partial charge on any atom is -0.507 e. The van der Waals surface area contributed by atoms with Crippen molar-refractivity contribution in [3.63, 3.8) is 0 Å². The fraction of sp³-hybridized carbons (Fsp3) is 0.400. The first-order valence-electron chi connectivity index (χ1n) is 11.5. The standard InChI is InChI=1S/C25H32N6O3/c1-16(2)19-14-20(21(32)15-22(19)34-5)23-27-28-24(25(33)26-3)31(23)18-8-6-17(7-9-18)30-12-10-29(4)11-13-30/h6-9,14-16,32H,10-13H2,1-5H3,(H,26,33). The highest BCUT2D eigenvalue weighted by Gasteiger charge is 2.24. The topological polar surface area (TPSA) is 95.8 Å². The van der Waals surface area contributed by atoms with Crippen LogP contribution in [0.1, 0.15) is 35.9 Å². The van der Waals surface area contributed by atoms with Gasteiger partial charge in [-0.15, -0.1) is 10.2 Å². The van der Waals surface area contributed by atoms with Gasteiger partial charge in [-0.1, -0.05) is 13.8 Å². The van der Waals surface area contributed by atoms with E-state index in [2.05, 4.69) is 46.2 Å². The predicted octanol–water partition coefficient (Wildman–Crippen LogP) is 2.88. The lowest BCUT2D eigenvalue weighted by Crippen LogP contribution is -2.44. The molecule has 2 N–H and O–H groups in total. The van der Waals surface area contributed by atoms with Crippen LogP contribution in [0.5, 0.6) is 11.5 Å². The van der Waals surface area contributed by atoms with Crippen molar-refractivity contribution in [2.75, 3.05) is 52.3 Å². The third-order valence-electron chi connectivity index (χ3n) is 6.28. The van der Waals surface area contributed by atoms with Crippen molar-refractivity contribution < 1.29 is 14.6 Å². The van der Waals surface area contributed by atoms with Gasteiger partial charge in [0.25, 0.3) is 5.91 Å². The highest BCUT2D eigenvalue weighted by atomic mass is 16.5. The molecule has 0 radical (unpaired) electrons. The van der Waals surface area contributed by atoms with Crippen LogP contribution in [0, 0.1) is 0 Å². The number of aromatic nitrogens is 3. The van der Waals surface area contributed by atoms with E-state index in [1.165, 1.54) is 0 Å². The van der Waals surface area contributed by atoms with Crippen LogP contribution >= 0.6 is 0 Å². The van der Waals surface area contributed by atoms with Crippen molar-refractivity contribution in [1.82, 2.24) is 25.0 Å². The molecule has 9 heteroatoms. The van der Waals surface area contributed by atoms with Gasteiger partial charge in [0.15, 0.2) is 5.82 Å². The molecular weight excluding hydrogens is 432 g/mol. The van der Waals surface area contributed by atoms with E-state index in [0.29, 0.717) is 17.1 Å². The van der Waals surface area contributed by atoms with Gasteiger partial charge in [0, 0.05) is 50.7 Å². The molecule has 180 valence electrons. The average molecular weight is 465 g/mol. The maximum atomic E-state index is 12.6. The molecule has 1 aromatic heterocycles. The number of phenols is 1. The number of piperazine rings is 1. The van der Waals surface area contributed by atoms with Crippen LogP contribution in [0.15, 0.2) is 36.4 Å². The van der Waals surface area contributed by atoms with Gasteiger partial charge in [0.2, 0.25) is 5.82 Å². The van der Waals surface area contributed by atoms with Gasteiger partial charge in [0.05, 0.1) is 12.7 Å². The van der Waals surface area contributed by atoms with Gasteiger partial charge in [-0.2, -0.15) is 0 Å². The van der Waals surface area contributed by atoms with Crippen LogP contribution in [-0.4, -0.2) is 78.1 Å². The highest BCUT2D eigenvalue weighted by Crippen LogP contribution is 2.38. The van der Waals surface area contributed by atoms with E-state index in [1.807, 2.05) is 30.3 Å². The molecule has 1 fully saturated rings. The molecule has 1 saturated heterocycles. The van der Waals surface area contributed by atoms with Crippen LogP contribution in [0.2, 0.25) is 0 Å². The summed E-state index contributed by atoms with van der Waals surface area (Å²) < 4.78 is 7.14. The number of carbonyl (C=O) groups is 1. The van der Waals surface area contributed by atoms with Crippen LogP contribution in [-0.2, 0) is 0 Å². The molecule has 0 bridgehead atoms. The third kappa shape index (κ3) is 4.43. The molecule has 1 aliphatic heterocycles. The predicted molar refractivity (Wildman–Crippen MR) is 132 cm³/mol. The number of methoxy groups -OCH3 is 1. The number of hydrogen-bond donors (Lipinski definition) is 2. The second kappa shape index (κ2) is 9.72. The molecule has 0 unspecified atom stereocenters. The number of carbonyl (C=O) groups excluding carboxylic acids is 1. The second-order valence-electron chi connectivity index (χ2n) is 8.83. The number of nitrogens with zero attached hydrogens (tertiary/aromatic N) is 5. The van der Waals surface area contributed by atoms with Crippen LogP contribution < -0.4 is 15.0 Å². The lowest BCUT2D eigenvalue weighted by atomic mass is 9.98. The van der Waals surface area contributed by atoms with Gasteiger partial charge >= 0.3 is 0 Å². The number of ether oxygens (including phenoxy) is 1. The summed E-state index contributed by atoms with van der Waals surface area (Å²) in [5.74, 6) is 0.933. The maximum Gasteiger partial charge on any atom is 0.289 e. The number of phenolic OH excluding ortho intramolecular Hbond substituents is 1. The van der Waals surface area contributed by atoms with E-state index in [0.717, 1.165) is 43.1 Å². The smallest absolute Gasteiger partial charge is 0.289 e. The Bertz CT molecular complexity index is 1160. The number of nitrogens with one attached hydrogen (secondary N) is 1. The number of aromatic hydroxyl groups is 1. The van der Waals surface area contributed by atoms with Crippen molar-refractivity contribution >= 4 is 11.6 Å². The van der Waals surface area contributed by atoms with E-state index in [1.54, 1.807) is 24.8 Å². The zero-order valence-corrected chi connectivity index (χ0v) is 20.4. The summed E-state index contributed by atoms with van der Waals surface area (Å²) in [6, 6.07) is 11.4. The number of benzene rings is 2. The number of anilines is 1. The van der Waals surface area contributed by atoms with E-state index in [-0.39, 0.29) is 23.4 Å². The van der Waals surface area contributed by atoms with Crippen molar-refractivity contribution in [2.24, 2.45) is 0 Å². The molecule has 3 aromatic rings. The van der Waals surface area contributed by atoms with E-state index < -0.39 is 0 Å². The van der Waals surface area contributed by atoms with Crippen molar-refractivity contribution in [2.45, 2.75) is 19.8 Å². The number of likely N-dealkylation sites (N-methyl/N-ethyl adjacent to an activating group) is 1. The number of amides is 1. The first-order valence-corrected chi connectivity index (χ1v) is 11.5. The summed E-state index contributed by atoms with van der Waals surface area (Å²) in [6.45, 7) is 8.08. The molecule has 0 saturated carbocycles. The first kappa shape index (κ1) is 23.6. The summed E-state index contributed by atoms with van der Waals surface area (Å²) >= 11 is 0. The highest BCUT2D eigenvalue weighted by molar-refractivity contribution is 5.92. The molecule has 1 aliphatic rings. The number of hydrogen-bond acceptors (Lipinski definition) is 7. The third-order valence-corrected chi connectivity index (χ3v) is 6.28. The minimum absolute atomic E-state index is 0.00686. The van der Waals surface area contributed by atoms with Gasteiger partial charge in [0.1, 0.15) is 11.5 Å². The van der Waals surface area contributed by atoms with E-state index in [4.69, 9.17) is 4.74 Å². The Hall–Kier alpha value is -3.59. The van der Waals surface area contributed by atoms with E-state index in [9.17, 15) is 9.90 Å². The zero-order chi connectivity index (χ0) is 24.4. The van der Waals surface area contributed by atoms with Crippen LogP contribution in [0.3, 0.4) is 0 Å². The minimum atomic E-state index is -0.362. The van der Waals surface area contributed by atoms with Crippen molar-refractivity contribution in [1.29, 1.82) is 0 Å². The Morgan fingerprint density at radius 1 is 1.06 bits per heavy atom. The maximum absolute atomic E-state index is 12.6. The first-order chi connectivity index (χ1) is 16.3. The number of rotatable bonds is 6. The summed E-state index contributed by atoms with van der Waals surface area (Å²) in [7, 11) is 5.27. The Kier molecular flexibility index (Phi) is 6.74. The Balaban J connectivity index is 1.80. The lowest BCUT2D eigenvalue weighted by Gasteiger charge is -2.34. The fourth-order valence-corrected chi connectivity index (χ4v) is 4.23. The largest absolute Gasteiger partial charge is 0.507 e. The molecule has 2 heterocycles. The molecular formula is C25H32N6O3. The van der Waals surface area contributed by atoms with Crippen molar-refractivity contribution in [3.05, 3.63) is 47.8 Å². The fourth-order valence-electron chi connectivity index (χ4n) is 4.23. The molecule has 0 spiro atoms. The monoisotopic (exact) mass is 464 g/mol. The Morgan fingerprint density at radius 3 is 2.29 bits per heavy atom. The zero-order valence-electron chi connectivity index (χ0n) is 20.4. The van der Waals surface area contributed by atoms with Gasteiger partial charge in [-0.25, -0.2) is 0 Å². The second-order valence-corrected chi connectivity index (χ2v) is 8.83. The van der Waals surface area contributed by atoms with Gasteiger partial charge in [-0.05, 0) is 48.9 Å². The SMILES string of the molecule is CNC(=O)c1nnc(-c2cc(C(C)C)c(OC)cc2O)n1-c1ccc(N2CCN(C)CC2)cc1. The summed E-state index contributed by atoms with van der Waals surface area (Å²) in [5, 5.41) is 21.9. The molecule has 9 nitrogen and oxygen atoms in total. The summed E-state index contributed by atoms with van der Waals surface area (Å²) in [6.07, 6.45) is 0. The summed E-state index contributed by atoms with van der Waals surface area (Å²) in [5.41, 5.74) is 3.27. The van der Waals surface area contributed by atoms with Crippen molar-refractivity contribution in [3.8, 4) is 28.6 Å². The molecule has 2 aromatic carbocycles.